The quantitative estimate of drug-likeness (QED) is 0.762. The Kier molecular flexibility index (Phi) is 7.35. The smallest absolute Gasteiger partial charge is 0.242 e. The highest BCUT2D eigenvalue weighted by atomic mass is 32.2. The van der Waals surface area contributed by atoms with E-state index >= 15 is 0 Å². The van der Waals surface area contributed by atoms with E-state index in [1.807, 2.05) is 12.1 Å². The molecule has 0 aliphatic heterocycles. The van der Waals surface area contributed by atoms with E-state index in [2.05, 4.69) is 26.1 Å². The number of sulfonamides is 1. The Bertz CT molecular complexity index is 529. The fraction of sp³-hybridized carbons (Fsp3) is 0.625. The predicted octanol–water partition coefficient (Wildman–Crippen LogP) is 3.17. The Balaban J connectivity index is 2.93. The summed E-state index contributed by atoms with van der Waals surface area (Å²) in [5.41, 5.74) is 1.01. The highest BCUT2D eigenvalue weighted by Crippen LogP contribution is 2.20. The van der Waals surface area contributed by atoms with Crippen LogP contribution in [0.3, 0.4) is 0 Å². The van der Waals surface area contributed by atoms with Crippen molar-refractivity contribution in [2.24, 2.45) is 0 Å². The Hall–Kier alpha value is -0.910. The van der Waals surface area contributed by atoms with Gasteiger partial charge in [-0.3, -0.25) is 0 Å². The normalized spacial score (nSPS) is 13.6. The number of rotatable bonds is 9. The largest absolute Gasteiger partial charge is 0.310 e. The number of hydrogen-bond acceptors (Lipinski definition) is 3. The van der Waals surface area contributed by atoms with Crippen LogP contribution in [0.2, 0.25) is 0 Å². The topological polar surface area (TPSA) is 49.4 Å². The molecule has 1 unspecified atom stereocenters. The highest BCUT2D eigenvalue weighted by molar-refractivity contribution is 7.89. The van der Waals surface area contributed by atoms with Crippen LogP contribution in [0, 0.1) is 0 Å². The molecule has 4 nitrogen and oxygen atoms in total. The molecule has 1 rings (SSSR count). The molecule has 0 spiro atoms. The third-order valence-electron chi connectivity index (χ3n) is 3.59. The van der Waals surface area contributed by atoms with Crippen LogP contribution in [-0.4, -0.2) is 32.9 Å². The molecule has 0 radical (unpaired) electrons. The molecule has 1 N–H and O–H groups in total. The van der Waals surface area contributed by atoms with E-state index in [1.54, 1.807) is 19.2 Å². The summed E-state index contributed by atoms with van der Waals surface area (Å²) in [6.45, 7) is 7.72. The van der Waals surface area contributed by atoms with Gasteiger partial charge >= 0.3 is 0 Å². The second kappa shape index (κ2) is 8.51. The van der Waals surface area contributed by atoms with Crippen LogP contribution in [0.4, 0.5) is 0 Å². The third-order valence-corrected chi connectivity index (χ3v) is 5.45. The molecule has 120 valence electrons. The van der Waals surface area contributed by atoms with E-state index in [0.717, 1.165) is 31.4 Å². The first-order chi connectivity index (χ1) is 9.93. The van der Waals surface area contributed by atoms with Crippen LogP contribution in [0.1, 0.15) is 51.6 Å². The zero-order valence-electron chi connectivity index (χ0n) is 13.6. The van der Waals surface area contributed by atoms with Gasteiger partial charge in [0, 0.05) is 19.6 Å². The Morgan fingerprint density at radius 3 is 2.57 bits per heavy atom. The van der Waals surface area contributed by atoms with Gasteiger partial charge in [-0.25, -0.2) is 12.7 Å². The summed E-state index contributed by atoms with van der Waals surface area (Å²) >= 11 is 0. The van der Waals surface area contributed by atoms with E-state index in [0.29, 0.717) is 11.4 Å². The van der Waals surface area contributed by atoms with Crippen molar-refractivity contribution in [2.45, 2.75) is 51.0 Å². The molecule has 0 heterocycles. The van der Waals surface area contributed by atoms with Crippen molar-refractivity contribution in [3.05, 3.63) is 29.8 Å². The van der Waals surface area contributed by atoms with Gasteiger partial charge in [0.25, 0.3) is 0 Å². The molecule has 1 aromatic carbocycles. The van der Waals surface area contributed by atoms with Gasteiger partial charge in [-0.1, -0.05) is 32.4 Å². The number of unbranched alkanes of at least 4 members (excludes halogenated alkanes) is 1. The Labute approximate surface area is 129 Å². The second-order valence-electron chi connectivity index (χ2n) is 5.43. The van der Waals surface area contributed by atoms with Crippen LogP contribution in [0.25, 0.3) is 0 Å². The van der Waals surface area contributed by atoms with Gasteiger partial charge < -0.3 is 5.32 Å². The van der Waals surface area contributed by atoms with E-state index < -0.39 is 10.0 Å². The number of benzene rings is 1. The minimum absolute atomic E-state index is 0.154. The van der Waals surface area contributed by atoms with Gasteiger partial charge in [0.15, 0.2) is 0 Å². The van der Waals surface area contributed by atoms with E-state index in [-0.39, 0.29) is 6.04 Å². The first-order valence-electron chi connectivity index (χ1n) is 7.73. The molecule has 1 atom stereocenters. The SMILES string of the molecule is CCCCN(C)S(=O)(=O)c1cccc(C(C)NCCC)c1. The molecule has 0 aliphatic carbocycles. The third kappa shape index (κ3) is 5.09. The second-order valence-corrected chi connectivity index (χ2v) is 7.47. The van der Waals surface area contributed by atoms with Crippen LogP contribution in [0.5, 0.6) is 0 Å². The van der Waals surface area contributed by atoms with Crippen LogP contribution < -0.4 is 5.32 Å². The molecule has 0 saturated heterocycles. The lowest BCUT2D eigenvalue weighted by Gasteiger charge is -2.19. The van der Waals surface area contributed by atoms with E-state index in [4.69, 9.17) is 0 Å². The highest BCUT2D eigenvalue weighted by Gasteiger charge is 2.20. The van der Waals surface area contributed by atoms with Crippen molar-refractivity contribution in [1.29, 1.82) is 0 Å². The van der Waals surface area contributed by atoms with Crippen molar-refractivity contribution < 1.29 is 8.42 Å². The molecular formula is C16H28N2O2S. The predicted molar refractivity (Wildman–Crippen MR) is 87.9 cm³/mol. The summed E-state index contributed by atoms with van der Waals surface area (Å²) in [7, 11) is -1.73. The van der Waals surface area contributed by atoms with Crippen LogP contribution >= 0.6 is 0 Å². The van der Waals surface area contributed by atoms with Crippen molar-refractivity contribution in [1.82, 2.24) is 9.62 Å². The average molecular weight is 312 g/mol. The molecule has 5 heteroatoms. The Morgan fingerprint density at radius 1 is 1.24 bits per heavy atom. The average Bonchev–Trinajstić information content (AvgIpc) is 2.50. The van der Waals surface area contributed by atoms with Gasteiger partial charge in [0.1, 0.15) is 0 Å². The molecule has 0 saturated carbocycles. The van der Waals surface area contributed by atoms with E-state index in [1.165, 1.54) is 4.31 Å². The molecule has 0 fully saturated rings. The molecule has 1 aromatic rings. The van der Waals surface area contributed by atoms with Crippen molar-refractivity contribution in [3.8, 4) is 0 Å². The summed E-state index contributed by atoms with van der Waals surface area (Å²) in [6.07, 6.45) is 2.92. The van der Waals surface area contributed by atoms with Crippen molar-refractivity contribution in [3.63, 3.8) is 0 Å². The molecule has 0 aromatic heterocycles. The lowest BCUT2D eigenvalue weighted by molar-refractivity contribution is 0.459. The number of hydrogen-bond donors (Lipinski definition) is 1. The van der Waals surface area contributed by atoms with Gasteiger partial charge in [-0.2, -0.15) is 0 Å². The maximum Gasteiger partial charge on any atom is 0.242 e. The lowest BCUT2D eigenvalue weighted by Crippen LogP contribution is -2.28. The monoisotopic (exact) mass is 312 g/mol. The standard InChI is InChI=1S/C16H28N2O2S/c1-5-7-12-18(4)21(19,20)16-10-8-9-15(13-16)14(3)17-11-6-2/h8-10,13-14,17H,5-7,11-12H2,1-4H3. The number of nitrogens with zero attached hydrogens (tertiary/aromatic N) is 1. The van der Waals surface area contributed by atoms with Gasteiger partial charge in [0.2, 0.25) is 10.0 Å². The lowest BCUT2D eigenvalue weighted by atomic mass is 10.1. The molecular weight excluding hydrogens is 284 g/mol. The summed E-state index contributed by atoms with van der Waals surface area (Å²) in [4.78, 5) is 0.378. The maximum atomic E-state index is 12.5. The van der Waals surface area contributed by atoms with Crippen molar-refractivity contribution in [2.75, 3.05) is 20.1 Å². The fourth-order valence-corrected chi connectivity index (χ4v) is 3.37. The van der Waals surface area contributed by atoms with Gasteiger partial charge in [-0.05, 0) is 44.0 Å². The van der Waals surface area contributed by atoms with Crippen LogP contribution in [0.15, 0.2) is 29.2 Å². The summed E-state index contributed by atoms with van der Waals surface area (Å²) in [6, 6.07) is 7.40. The summed E-state index contributed by atoms with van der Waals surface area (Å²) in [5, 5.41) is 3.38. The minimum Gasteiger partial charge on any atom is -0.310 e. The number of nitrogens with one attached hydrogen (secondary N) is 1. The first-order valence-corrected chi connectivity index (χ1v) is 9.17. The minimum atomic E-state index is -3.38. The van der Waals surface area contributed by atoms with Gasteiger partial charge in [0.05, 0.1) is 4.90 Å². The molecule has 0 amide bonds. The summed E-state index contributed by atoms with van der Waals surface area (Å²) < 4.78 is 26.5. The van der Waals surface area contributed by atoms with Crippen molar-refractivity contribution >= 4 is 10.0 Å². The molecule has 0 aliphatic rings. The maximum absolute atomic E-state index is 12.5. The van der Waals surface area contributed by atoms with E-state index in [9.17, 15) is 8.42 Å². The summed E-state index contributed by atoms with van der Waals surface area (Å²) in [5.74, 6) is 0. The van der Waals surface area contributed by atoms with Crippen LogP contribution in [-0.2, 0) is 10.0 Å². The Morgan fingerprint density at radius 2 is 1.95 bits per heavy atom. The molecule has 0 bridgehead atoms. The zero-order valence-corrected chi connectivity index (χ0v) is 14.4. The molecule has 21 heavy (non-hydrogen) atoms. The van der Waals surface area contributed by atoms with Gasteiger partial charge in [-0.15, -0.1) is 0 Å². The first kappa shape index (κ1) is 18.1. The zero-order chi connectivity index (χ0) is 15.9. The fourth-order valence-electron chi connectivity index (χ4n) is 2.10.